The van der Waals surface area contributed by atoms with E-state index in [1.165, 1.54) is 6.07 Å². The number of aromatic nitrogens is 2. The summed E-state index contributed by atoms with van der Waals surface area (Å²) in [6.07, 6.45) is 1.95. The van der Waals surface area contributed by atoms with Gasteiger partial charge >= 0.3 is 0 Å². The van der Waals surface area contributed by atoms with E-state index in [-0.39, 0.29) is 11.7 Å². The van der Waals surface area contributed by atoms with Gasteiger partial charge in [-0.3, -0.25) is 0 Å². The van der Waals surface area contributed by atoms with Gasteiger partial charge in [0.05, 0.1) is 11.0 Å². The lowest BCUT2D eigenvalue weighted by atomic mass is 10.1. The number of hydrogen-bond donors (Lipinski definition) is 1. The van der Waals surface area contributed by atoms with Crippen molar-refractivity contribution in [1.29, 1.82) is 0 Å². The summed E-state index contributed by atoms with van der Waals surface area (Å²) in [7, 11) is 0. The minimum Gasteiger partial charge on any atom is -0.330 e. The predicted molar refractivity (Wildman–Crippen MR) is 72.1 cm³/mol. The predicted octanol–water partition coefficient (Wildman–Crippen LogP) is 3.04. The van der Waals surface area contributed by atoms with Crippen LogP contribution in [-0.2, 0) is 6.54 Å². The van der Waals surface area contributed by atoms with Gasteiger partial charge in [-0.2, -0.15) is 0 Å². The van der Waals surface area contributed by atoms with Crippen LogP contribution in [0.25, 0.3) is 11.0 Å². The monoisotopic (exact) mass is 249 g/mol. The Hall–Kier alpha value is -1.42. The average Bonchev–Trinajstić information content (AvgIpc) is 2.70. The molecule has 0 aliphatic carbocycles. The van der Waals surface area contributed by atoms with Gasteiger partial charge in [-0.05, 0) is 31.0 Å². The normalized spacial score (nSPS) is 13.1. The molecule has 0 bridgehead atoms. The molecule has 1 aromatic heterocycles. The number of hydrogen-bond acceptors (Lipinski definition) is 2. The smallest absolute Gasteiger partial charge is 0.125 e. The molecule has 0 spiro atoms. The highest BCUT2D eigenvalue weighted by atomic mass is 19.1. The highest BCUT2D eigenvalue weighted by Gasteiger charge is 2.17. The van der Waals surface area contributed by atoms with Crippen molar-refractivity contribution in [3.8, 4) is 0 Å². The van der Waals surface area contributed by atoms with E-state index in [1.54, 1.807) is 12.1 Å². The van der Waals surface area contributed by atoms with Gasteiger partial charge in [0.2, 0.25) is 0 Å². The molecule has 2 aromatic rings. The van der Waals surface area contributed by atoms with Crippen molar-refractivity contribution < 1.29 is 4.39 Å². The van der Waals surface area contributed by atoms with Gasteiger partial charge in [-0.15, -0.1) is 0 Å². The molecule has 0 fully saturated rings. The van der Waals surface area contributed by atoms with Crippen molar-refractivity contribution in [2.24, 2.45) is 5.73 Å². The average molecular weight is 249 g/mol. The zero-order valence-electron chi connectivity index (χ0n) is 11.0. The molecule has 1 heterocycles. The molecule has 1 aromatic carbocycles. The van der Waals surface area contributed by atoms with Gasteiger partial charge in [-0.1, -0.05) is 13.8 Å². The Labute approximate surface area is 107 Å². The van der Waals surface area contributed by atoms with E-state index in [2.05, 4.69) is 23.4 Å². The first kappa shape index (κ1) is 13.0. The summed E-state index contributed by atoms with van der Waals surface area (Å²) in [5, 5.41) is 0. The van der Waals surface area contributed by atoms with Crippen LogP contribution in [0, 0.1) is 5.82 Å². The number of rotatable bonds is 5. The van der Waals surface area contributed by atoms with Gasteiger partial charge in [0, 0.05) is 19.0 Å². The first-order chi connectivity index (χ1) is 8.71. The summed E-state index contributed by atoms with van der Waals surface area (Å²) in [6, 6.07) is 4.76. The van der Waals surface area contributed by atoms with Gasteiger partial charge in [0.15, 0.2) is 0 Å². The summed E-state index contributed by atoms with van der Waals surface area (Å²) < 4.78 is 15.5. The Kier molecular flexibility index (Phi) is 3.97. The number of benzene rings is 1. The minimum absolute atomic E-state index is 0.216. The van der Waals surface area contributed by atoms with Crippen molar-refractivity contribution in [2.45, 2.75) is 39.2 Å². The third kappa shape index (κ3) is 2.25. The van der Waals surface area contributed by atoms with E-state index in [0.717, 1.165) is 36.2 Å². The first-order valence-corrected chi connectivity index (χ1v) is 6.57. The van der Waals surface area contributed by atoms with Crippen LogP contribution >= 0.6 is 0 Å². The van der Waals surface area contributed by atoms with Crippen LogP contribution in [0.3, 0.4) is 0 Å². The van der Waals surface area contributed by atoms with Gasteiger partial charge < -0.3 is 10.3 Å². The maximum Gasteiger partial charge on any atom is 0.125 e. The fraction of sp³-hybridized carbons (Fsp3) is 0.500. The van der Waals surface area contributed by atoms with E-state index < -0.39 is 0 Å². The van der Waals surface area contributed by atoms with Crippen LogP contribution in [-0.4, -0.2) is 16.1 Å². The van der Waals surface area contributed by atoms with Crippen molar-refractivity contribution in [3.05, 3.63) is 29.8 Å². The van der Waals surface area contributed by atoms with Crippen LogP contribution in [0.4, 0.5) is 4.39 Å². The van der Waals surface area contributed by atoms with Crippen LogP contribution in [0.5, 0.6) is 0 Å². The SMILES string of the molecule is CCCn1c(C(CC)CN)nc2ccc(F)cc21. The standard InChI is InChI=1S/C14H20FN3/c1-3-7-18-13-8-11(15)5-6-12(13)17-14(18)10(4-2)9-16/h5-6,8,10H,3-4,7,9,16H2,1-2H3. The zero-order valence-corrected chi connectivity index (χ0v) is 11.0. The van der Waals surface area contributed by atoms with Crippen molar-refractivity contribution in [1.82, 2.24) is 9.55 Å². The van der Waals surface area contributed by atoms with Crippen LogP contribution in [0.2, 0.25) is 0 Å². The number of fused-ring (bicyclic) bond motifs is 1. The van der Waals surface area contributed by atoms with Gasteiger partial charge in [-0.25, -0.2) is 9.37 Å². The van der Waals surface area contributed by atoms with Gasteiger partial charge in [0.1, 0.15) is 11.6 Å². The molecule has 0 radical (unpaired) electrons. The summed E-state index contributed by atoms with van der Waals surface area (Å²) in [5.41, 5.74) is 7.53. The fourth-order valence-corrected chi connectivity index (χ4v) is 2.34. The number of halogens is 1. The van der Waals surface area contributed by atoms with Crippen LogP contribution in [0.1, 0.15) is 38.4 Å². The molecule has 1 unspecified atom stereocenters. The van der Waals surface area contributed by atoms with E-state index >= 15 is 0 Å². The number of aryl methyl sites for hydroxylation is 1. The molecule has 1 atom stereocenters. The maximum absolute atomic E-state index is 13.4. The fourth-order valence-electron chi connectivity index (χ4n) is 2.34. The molecule has 2 rings (SSSR count). The molecule has 2 N–H and O–H groups in total. The number of imidazole rings is 1. The molecular weight excluding hydrogens is 229 g/mol. The van der Waals surface area contributed by atoms with E-state index in [0.29, 0.717) is 6.54 Å². The Morgan fingerprint density at radius 1 is 1.39 bits per heavy atom. The van der Waals surface area contributed by atoms with Crippen molar-refractivity contribution >= 4 is 11.0 Å². The molecule has 0 aliphatic heterocycles. The van der Waals surface area contributed by atoms with E-state index in [9.17, 15) is 4.39 Å². The summed E-state index contributed by atoms with van der Waals surface area (Å²) >= 11 is 0. The zero-order chi connectivity index (χ0) is 13.1. The Morgan fingerprint density at radius 2 is 2.17 bits per heavy atom. The summed E-state index contributed by atoms with van der Waals surface area (Å²) in [6.45, 7) is 5.64. The van der Waals surface area contributed by atoms with E-state index in [4.69, 9.17) is 5.73 Å². The van der Waals surface area contributed by atoms with E-state index in [1.807, 2.05) is 0 Å². The third-order valence-corrected chi connectivity index (χ3v) is 3.33. The first-order valence-electron chi connectivity index (χ1n) is 6.57. The van der Waals surface area contributed by atoms with Crippen LogP contribution < -0.4 is 5.73 Å². The largest absolute Gasteiger partial charge is 0.330 e. The molecule has 3 nitrogen and oxygen atoms in total. The van der Waals surface area contributed by atoms with Crippen molar-refractivity contribution in [2.75, 3.05) is 6.54 Å². The van der Waals surface area contributed by atoms with Gasteiger partial charge in [0.25, 0.3) is 0 Å². The summed E-state index contributed by atoms with van der Waals surface area (Å²) in [5.74, 6) is 1.02. The Morgan fingerprint density at radius 3 is 2.78 bits per heavy atom. The third-order valence-electron chi connectivity index (χ3n) is 3.33. The second-order valence-corrected chi connectivity index (χ2v) is 4.60. The topological polar surface area (TPSA) is 43.8 Å². The second kappa shape index (κ2) is 5.48. The molecule has 0 aliphatic rings. The Bertz CT molecular complexity index is 529. The molecule has 98 valence electrons. The second-order valence-electron chi connectivity index (χ2n) is 4.60. The molecule has 0 saturated carbocycles. The maximum atomic E-state index is 13.4. The van der Waals surface area contributed by atoms with Crippen molar-refractivity contribution in [3.63, 3.8) is 0 Å². The molecule has 0 amide bonds. The quantitative estimate of drug-likeness (QED) is 0.885. The lowest BCUT2D eigenvalue weighted by Gasteiger charge is -2.14. The lowest BCUT2D eigenvalue weighted by molar-refractivity contribution is 0.566. The highest BCUT2D eigenvalue weighted by Crippen LogP contribution is 2.24. The van der Waals surface area contributed by atoms with Crippen LogP contribution in [0.15, 0.2) is 18.2 Å². The molecular formula is C14H20FN3. The lowest BCUT2D eigenvalue weighted by Crippen LogP contribution is -2.17. The number of nitrogens with two attached hydrogens (primary N) is 1. The molecule has 18 heavy (non-hydrogen) atoms. The highest BCUT2D eigenvalue weighted by molar-refractivity contribution is 5.76. The number of nitrogens with zero attached hydrogens (tertiary/aromatic N) is 2. The molecule has 4 heteroatoms. The molecule has 0 saturated heterocycles. The minimum atomic E-state index is -0.216. The summed E-state index contributed by atoms with van der Waals surface area (Å²) in [4.78, 5) is 4.63. The Balaban J connectivity index is 2.60.